The lowest BCUT2D eigenvalue weighted by atomic mass is 10.1. The number of aliphatic carboxylic acids is 1. The molecule has 0 aromatic heterocycles. The van der Waals surface area contributed by atoms with Crippen LogP contribution in [0, 0.1) is 0 Å². The first kappa shape index (κ1) is 14.0. The first-order valence-corrected chi connectivity index (χ1v) is 5.80. The summed E-state index contributed by atoms with van der Waals surface area (Å²) in [5.41, 5.74) is 1.26. The first-order valence-electron chi connectivity index (χ1n) is 5.80. The van der Waals surface area contributed by atoms with Gasteiger partial charge in [0.25, 0.3) is 0 Å². The molecule has 0 unspecified atom stereocenters. The second-order valence-corrected chi connectivity index (χ2v) is 3.78. The number of hydrogen-bond donors (Lipinski definition) is 1. The third-order valence-corrected chi connectivity index (χ3v) is 2.31. The summed E-state index contributed by atoms with van der Waals surface area (Å²) in [5.74, 6) is -1.77. The molecule has 0 heterocycles. The predicted octanol–water partition coefficient (Wildman–Crippen LogP) is 2.19. The molecule has 4 heteroatoms. The summed E-state index contributed by atoms with van der Waals surface area (Å²) in [7, 11) is 0. The monoisotopic (exact) mass is 248 g/mol. The van der Waals surface area contributed by atoms with Crippen LogP contribution in [0.15, 0.2) is 42.5 Å². The molecule has 0 saturated carbocycles. The van der Waals surface area contributed by atoms with Gasteiger partial charge in [0, 0.05) is 12.2 Å². The van der Waals surface area contributed by atoms with Crippen molar-refractivity contribution in [3.05, 3.63) is 48.0 Å². The van der Waals surface area contributed by atoms with Crippen molar-refractivity contribution in [2.24, 2.45) is 0 Å². The van der Waals surface area contributed by atoms with Gasteiger partial charge in [0.05, 0.1) is 6.61 Å². The van der Waals surface area contributed by atoms with Crippen LogP contribution in [0.5, 0.6) is 0 Å². The van der Waals surface area contributed by atoms with E-state index >= 15 is 0 Å². The van der Waals surface area contributed by atoms with Gasteiger partial charge in [0.2, 0.25) is 0 Å². The molecule has 0 radical (unpaired) electrons. The second kappa shape index (κ2) is 8.06. The van der Waals surface area contributed by atoms with Crippen molar-refractivity contribution in [1.82, 2.24) is 0 Å². The minimum absolute atomic E-state index is 0.315. The molecule has 1 rings (SSSR count). The highest BCUT2D eigenvalue weighted by molar-refractivity contribution is 5.90. The Balaban J connectivity index is 2.09. The molecule has 0 bridgehead atoms. The highest BCUT2D eigenvalue weighted by Crippen LogP contribution is 2.04. The number of ether oxygens (including phenoxy) is 1. The Morgan fingerprint density at radius 3 is 2.50 bits per heavy atom. The second-order valence-electron chi connectivity index (χ2n) is 3.78. The van der Waals surface area contributed by atoms with E-state index in [1.165, 1.54) is 5.56 Å². The molecule has 0 amide bonds. The number of hydrogen-bond acceptors (Lipinski definition) is 3. The minimum Gasteiger partial charge on any atom is -0.478 e. The van der Waals surface area contributed by atoms with Gasteiger partial charge in [-0.25, -0.2) is 9.59 Å². The maximum Gasteiger partial charge on any atom is 0.331 e. The number of carbonyl (C=O) groups excluding carboxylic acids is 1. The molecule has 1 aromatic rings. The van der Waals surface area contributed by atoms with E-state index in [1.807, 2.05) is 18.2 Å². The standard InChI is InChI=1S/C14H16O4/c15-13(16)9-10-14(17)18-11-5-4-8-12-6-2-1-3-7-12/h1-3,6-7,9-10H,4-5,8,11H2,(H,15,16)/b10-9+. The average molecular weight is 248 g/mol. The van der Waals surface area contributed by atoms with Crippen LogP contribution in [-0.2, 0) is 20.7 Å². The maximum absolute atomic E-state index is 11.0. The van der Waals surface area contributed by atoms with Crippen LogP contribution in [0.2, 0.25) is 0 Å². The predicted molar refractivity (Wildman–Crippen MR) is 67.1 cm³/mol. The fourth-order valence-electron chi connectivity index (χ4n) is 1.44. The molecular weight excluding hydrogens is 232 g/mol. The van der Waals surface area contributed by atoms with Gasteiger partial charge in [-0.05, 0) is 24.8 Å². The third-order valence-electron chi connectivity index (χ3n) is 2.31. The van der Waals surface area contributed by atoms with E-state index in [0.29, 0.717) is 6.61 Å². The topological polar surface area (TPSA) is 63.6 Å². The number of esters is 1. The van der Waals surface area contributed by atoms with Crippen LogP contribution in [0.3, 0.4) is 0 Å². The molecule has 0 aliphatic carbocycles. The van der Waals surface area contributed by atoms with E-state index in [9.17, 15) is 9.59 Å². The van der Waals surface area contributed by atoms with Gasteiger partial charge in [0.15, 0.2) is 0 Å². The molecule has 0 spiro atoms. The fraction of sp³-hybridized carbons (Fsp3) is 0.286. The number of carboxylic acid groups (broad SMARTS) is 1. The molecule has 1 aromatic carbocycles. The van der Waals surface area contributed by atoms with E-state index in [0.717, 1.165) is 31.4 Å². The lowest BCUT2D eigenvalue weighted by Gasteiger charge is -2.02. The summed E-state index contributed by atoms with van der Waals surface area (Å²) in [6, 6.07) is 10.1. The zero-order chi connectivity index (χ0) is 13.2. The van der Waals surface area contributed by atoms with E-state index in [4.69, 9.17) is 9.84 Å². The number of carboxylic acids is 1. The number of rotatable bonds is 7. The summed E-state index contributed by atoms with van der Waals surface area (Å²) in [5, 5.41) is 8.30. The van der Waals surface area contributed by atoms with Gasteiger partial charge in [-0.1, -0.05) is 30.3 Å². The van der Waals surface area contributed by atoms with Crippen molar-refractivity contribution in [1.29, 1.82) is 0 Å². The van der Waals surface area contributed by atoms with Crippen LogP contribution in [0.4, 0.5) is 0 Å². The quantitative estimate of drug-likeness (QED) is 0.456. The summed E-state index contributed by atoms with van der Waals surface area (Å²) in [6.07, 6.45) is 4.33. The summed E-state index contributed by atoms with van der Waals surface area (Å²) < 4.78 is 4.84. The molecule has 0 fully saturated rings. The Labute approximate surface area is 106 Å². The van der Waals surface area contributed by atoms with Gasteiger partial charge in [-0.2, -0.15) is 0 Å². The molecule has 4 nitrogen and oxygen atoms in total. The zero-order valence-corrected chi connectivity index (χ0v) is 10.0. The van der Waals surface area contributed by atoms with Crippen molar-refractivity contribution in [3.63, 3.8) is 0 Å². The Hall–Kier alpha value is -2.10. The van der Waals surface area contributed by atoms with Crippen LogP contribution in [-0.4, -0.2) is 23.7 Å². The number of benzene rings is 1. The highest BCUT2D eigenvalue weighted by atomic mass is 16.5. The molecule has 0 atom stereocenters. The molecular formula is C14H16O4. The van der Waals surface area contributed by atoms with E-state index in [1.54, 1.807) is 0 Å². The van der Waals surface area contributed by atoms with Crippen molar-refractivity contribution < 1.29 is 19.4 Å². The SMILES string of the molecule is O=C(O)/C=C/C(=O)OCCCCc1ccccc1. The largest absolute Gasteiger partial charge is 0.478 e. The maximum atomic E-state index is 11.0. The van der Waals surface area contributed by atoms with Gasteiger partial charge >= 0.3 is 11.9 Å². The Kier molecular flexibility index (Phi) is 6.25. The van der Waals surface area contributed by atoms with Crippen LogP contribution < -0.4 is 0 Å². The Morgan fingerprint density at radius 1 is 1.11 bits per heavy atom. The molecule has 96 valence electrons. The number of unbranched alkanes of at least 4 members (excludes halogenated alkanes) is 1. The van der Waals surface area contributed by atoms with Crippen molar-refractivity contribution in [2.45, 2.75) is 19.3 Å². The third kappa shape index (κ3) is 6.48. The zero-order valence-electron chi connectivity index (χ0n) is 10.0. The summed E-state index contributed by atoms with van der Waals surface area (Å²) in [4.78, 5) is 21.2. The Bertz CT molecular complexity index is 409. The van der Waals surface area contributed by atoms with Crippen molar-refractivity contribution in [3.8, 4) is 0 Å². The Morgan fingerprint density at radius 2 is 1.83 bits per heavy atom. The summed E-state index contributed by atoms with van der Waals surface area (Å²) >= 11 is 0. The van der Waals surface area contributed by atoms with Gasteiger partial charge in [-0.15, -0.1) is 0 Å². The average Bonchev–Trinajstić information content (AvgIpc) is 2.37. The number of carbonyl (C=O) groups is 2. The molecule has 0 aliphatic heterocycles. The highest BCUT2D eigenvalue weighted by Gasteiger charge is 1.98. The number of aryl methyl sites for hydroxylation is 1. The van der Waals surface area contributed by atoms with Crippen molar-refractivity contribution >= 4 is 11.9 Å². The van der Waals surface area contributed by atoms with E-state index in [2.05, 4.69) is 12.1 Å². The van der Waals surface area contributed by atoms with Crippen LogP contribution >= 0.6 is 0 Å². The van der Waals surface area contributed by atoms with Gasteiger partial charge < -0.3 is 9.84 Å². The van der Waals surface area contributed by atoms with E-state index < -0.39 is 11.9 Å². The normalized spacial score (nSPS) is 10.4. The molecule has 0 saturated heterocycles. The lowest BCUT2D eigenvalue weighted by molar-refractivity contribution is -0.138. The fourth-order valence-corrected chi connectivity index (χ4v) is 1.44. The minimum atomic E-state index is -1.16. The smallest absolute Gasteiger partial charge is 0.331 e. The first-order chi connectivity index (χ1) is 8.68. The van der Waals surface area contributed by atoms with Gasteiger partial charge in [0.1, 0.15) is 0 Å². The molecule has 0 aliphatic rings. The van der Waals surface area contributed by atoms with Crippen LogP contribution in [0.25, 0.3) is 0 Å². The van der Waals surface area contributed by atoms with E-state index in [-0.39, 0.29) is 0 Å². The van der Waals surface area contributed by atoms with Gasteiger partial charge in [-0.3, -0.25) is 0 Å². The lowest BCUT2D eigenvalue weighted by Crippen LogP contribution is -2.03. The molecule has 18 heavy (non-hydrogen) atoms. The van der Waals surface area contributed by atoms with Crippen molar-refractivity contribution in [2.75, 3.05) is 6.61 Å². The molecule has 1 N–H and O–H groups in total. The van der Waals surface area contributed by atoms with Crippen LogP contribution in [0.1, 0.15) is 18.4 Å². The summed E-state index contributed by atoms with van der Waals surface area (Å²) in [6.45, 7) is 0.315.